The highest BCUT2D eigenvalue weighted by atomic mass is 16.6. The van der Waals surface area contributed by atoms with E-state index in [1.165, 1.54) is 26.3 Å². The van der Waals surface area contributed by atoms with Crippen molar-refractivity contribution in [1.29, 1.82) is 0 Å². The van der Waals surface area contributed by atoms with Crippen molar-refractivity contribution in [3.05, 3.63) is 34.9 Å². The molecule has 0 radical (unpaired) electrons. The maximum Gasteiger partial charge on any atom is 0.330 e. The van der Waals surface area contributed by atoms with E-state index >= 15 is 0 Å². The number of carbonyl (C=O) groups is 4. The van der Waals surface area contributed by atoms with Crippen LogP contribution in [0.25, 0.3) is 0 Å². The highest BCUT2D eigenvalue weighted by Gasteiger charge is 2.71. The van der Waals surface area contributed by atoms with Gasteiger partial charge in [0.25, 0.3) is 0 Å². The van der Waals surface area contributed by atoms with Crippen LogP contribution in [0, 0.1) is 39.4 Å². The lowest BCUT2D eigenvalue weighted by molar-refractivity contribution is -0.170. The third kappa shape index (κ3) is 5.34. The van der Waals surface area contributed by atoms with Crippen molar-refractivity contribution in [2.45, 2.75) is 126 Å². The lowest BCUT2D eigenvalue weighted by atomic mass is 9.43. The van der Waals surface area contributed by atoms with Crippen LogP contribution < -0.4 is 0 Å². The second kappa shape index (κ2) is 11.8. The fourth-order valence-electron chi connectivity index (χ4n) is 9.86. The Bertz CT molecular complexity index is 1300. The molecule has 0 aromatic carbocycles. The number of carboxylic acids is 1. The molecule has 8 nitrogen and oxygen atoms in total. The Kier molecular flexibility index (Phi) is 9.11. The standard InChI is InChI=1S/C36H52O8/c1-20(12-11-13-21(2)32(40)41)26-18-30(43-23(4)38)35(9)25-14-15-28-33(6,7)29(42-22(3)37)16-17-34(28,8)27(25)19-31(36(26,35)10)44-24(5)39/h13-14,19-20,26,28-31H,11-12,15-18H2,1-10H3,(H,40,41). The van der Waals surface area contributed by atoms with E-state index < -0.39 is 29.0 Å². The van der Waals surface area contributed by atoms with Crippen LogP contribution in [0.1, 0.15) is 108 Å². The zero-order valence-corrected chi connectivity index (χ0v) is 28.2. The predicted molar refractivity (Wildman–Crippen MR) is 166 cm³/mol. The van der Waals surface area contributed by atoms with E-state index in [9.17, 15) is 24.3 Å². The Labute approximate surface area is 262 Å². The lowest BCUT2D eigenvalue weighted by Crippen LogP contribution is -2.60. The van der Waals surface area contributed by atoms with Gasteiger partial charge < -0.3 is 19.3 Å². The fourth-order valence-corrected chi connectivity index (χ4v) is 9.86. The monoisotopic (exact) mass is 612 g/mol. The van der Waals surface area contributed by atoms with Crippen molar-refractivity contribution in [3.63, 3.8) is 0 Å². The Hall–Kier alpha value is -2.90. The van der Waals surface area contributed by atoms with Crippen molar-refractivity contribution in [2.75, 3.05) is 0 Å². The van der Waals surface area contributed by atoms with Crippen LogP contribution in [-0.2, 0) is 33.4 Å². The zero-order chi connectivity index (χ0) is 33.0. The van der Waals surface area contributed by atoms with E-state index in [2.05, 4.69) is 53.7 Å². The molecule has 0 aromatic heterocycles. The average molecular weight is 613 g/mol. The van der Waals surface area contributed by atoms with Crippen molar-refractivity contribution in [1.82, 2.24) is 0 Å². The number of carbonyl (C=O) groups excluding carboxylic acids is 3. The Morgan fingerprint density at radius 1 is 0.932 bits per heavy atom. The number of aliphatic carboxylic acids is 1. The van der Waals surface area contributed by atoms with Gasteiger partial charge in [0.2, 0.25) is 0 Å². The largest absolute Gasteiger partial charge is 0.478 e. The molecule has 1 N–H and O–H groups in total. The van der Waals surface area contributed by atoms with Gasteiger partial charge in [0.15, 0.2) is 0 Å². The highest BCUT2D eigenvalue weighted by Crippen LogP contribution is 2.72. The summed E-state index contributed by atoms with van der Waals surface area (Å²) in [6.45, 7) is 19.2. The summed E-state index contributed by atoms with van der Waals surface area (Å²) < 4.78 is 18.3. The summed E-state index contributed by atoms with van der Waals surface area (Å²) in [4.78, 5) is 48.6. The molecule has 0 aromatic rings. The van der Waals surface area contributed by atoms with E-state index in [0.29, 0.717) is 18.4 Å². The summed E-state index contributed by atoms with van der Waals surface area (Å²) in [7, 11) is 0. The minimum Gasteiger partial charge on any atom is -0.478 e. The normalized spacial score (nSPS) is 38.1. The van der Waals surface area contributed by atoms with Crippen LogP contribution in [0.5, 0.6) is 0 Å². The van der Waals surface area contributed by atoms with Gasteiger partial charge in [-0.3, -0.25) is 14.4 Å². The van der Waals surface area contributed by atoms with Gasteiger partial charge >= 0.3 is 23.9 Å². The SMILES string of the molecule is CC(=O)OC1CCC2(C)C3=CC(OC(C)=O)C4(C)C(C(C)CCC=C(C)C(=O)O)CC(OC(C)=O)C4(C)C3=CCC2C1(C)C. The van der Waals surface area contributed by atoms with Gasteiger partial charge in [-0.2, -0.15) is 0 Å². The smallest absolute Gasteiger partial charge is 0.330 e. The topological polar surface area (TPSA) is 116 Å². The van der Waals surface area contributed by atoms with Crippen LogP contribution in [0.3, 0.4) is 0 Å². The molecule has 8 heteroatoms. The van der Waals surface area contributed by atoms with Crippen molar-refractivity contribution in [2.24, 2.45) is 39.4 Å². The number of ether oxygens (including phenoxy) is 3. The molecule has 0 amide bonds. The maximum atomic E-state index is 12.7. The maximum absolute atomic E-state index is 12.7. The van der Waals surface area contributed by atoms with Crippen LogP contribution in [0.4, 0.5) is 0 Å². The van der Waals surface area contributed by atoms with E-state index in [-0.39, 0.29) is 52.6 Å². The van der Waals surface area contributed by atoms with Gasteiger partial charge in [0.05, 0.1) is 0 Å². The zero-order valence-electron chi connectivity index (χ0n) is 28.2. The third-order valence-electron chi connectivity index (χ3n) is 12.4. The van der Waals surface area contributed by atoms with Gasteiger partial charge in [0, 0.05) is 42.6 Å². The fraction of sp³-hybridized carbons (Fsp3) is 0.722. The first kappa shape index (κ1) is 34.0. The van der Waals surface area contributed by atoms with Crippen LogP contribution in [0.15, 0.2) is 34.9 Å². The third-order valence-corrected chi connectivity index (χ3v) is 12.4. The summed E-state index contributed by atoms with van der Waals surface area (Å²) in [5, 5.41) is 9.32. The van der Waals surface area contributed by atoms with Crippen LogP contribution >= 0.6 is 0 Å². The molecule has 4 aliphatic carbocycles. The summed E-state index contributed by atoms with van der Waals surface area (Å²) in [5.41, 5.74) is 0.861. The molecule has 9 atom stereocenters. The minimum atomic E-state index is -0.922. The molecule has 0 saturated heterocycles. The number of hydrogen-bond donors (Lipinski definition) is 1. The quantitative estimate of drug-likeness (QED) is 0.177. The Balaban J connectivity index is 1.85. The highest BCUT2D eigenvalue weighted by molar-refractivity contribution is 5.85. The van der Waals surface area contributed by atoms with Gasteiger partial charge in [-0.1, -0.05) is 53.7 Å². The molecule has 4 aliphatic rings. The summed E-state index contributed by atoms with van der Waals surface area (Å²) in [5.74, 6) is -1.54. The first-order valence-corrected chi connectivity index (χ1v) is 16.2. The van der Waals surface area contributed by atoms with E-state index in [4.69, 9.17) is 14.2 Å². The summed E-state index contributed by atoms with van der Waals surface area (Å²) in [6, 6.07) is 0. The number of rotatable bonds is 8. The number of hydrogen-bond acceptors (Lipinski definition) is 7. The molecular formula is C36H52O8. The molecule has 0 bridgehead atoms. The Morgan fingerprint density at radius 2 is 1.52 bits per heavy atom. The first-order valence-electron chi connectivity index (χ1n) is 16.2. The Morgan fingerprint density at radius 3 is 2.09 bits per heavy atom. The molecule has 4 rings (SSSR count). The van der Waals surface area contributed by atoms with Gasteiger partial charge in [0.1, 0.15) is 18.3 Å². The molecule has 2 saturated carbocycles. The molecule has 0 spiro atoms. The molecule has 0 heterocycles. The van der Waals surface area contributed by atoms with Crippen LogP contribution in [0.2, 0.25) is 0 Å². The van der Waals surface area contributed by atoms with E-state index in [1.807, 2.05) is 0 Å². The minimum absolute atomic E-state index is 0.0279. The van der Waals surface area contributed by atoms with E-state index in [1.54, 1.807) is 13.0 Å². The molecule has 9 unspecified atom stereocenters. The second-order valence-corrected chi connectivity index (χ2v) is 15.1. The molecular weight excluding hydrogens is 560 g/mol. The van der Waals surface area contributed by atoms with Crippen molar-refractivity contribution < 1.29 is 38.5 Å². The average Bonchev–Trinajstić information content (AvgIpc) is 3.13. The molecule has 244 valence electrons. The van der Waals surface area contributed by atoms with E-state index in [0.717, 1.165) is 31.3 Å². The predicted octanol–water partition coefficient (Wildman–Crippen LogP) is 6.97. The molecule has 2 fully saturated rings. The first-order chi connectivity index (χ1) is 20.3. The van der Waals surface area contributed by atoms with Gasteiger partial charge in [-0.15, -0.1) is 0 Å². The number of allylic oxidation sites excluding steroid dienone is 3. The van der Waals surface area contributed by atoms with Gasteiger partial charge in [-0.05, 0) is 85.8 Å². The lowest BCUT2D eigenvalue weighted by Gasteiger charge is -2.62. The van der Waals surface area contributed by atoms with Crippen molar-refractivity contribution >= 4 is 23.9 Å². The number of carboxylic acid groups (broad SMARTS) is 1. The summed E-state index contributed by atoms with van der Waals surface area (Å²) in [6.07, 6.45) is 9.43. The second-order valence-electron chi connectivity index (χ2n) is 15.1. The number of fused-ring (bicyclic) bond motifs is 5. The molecule has 0 aliphatic heterocycles. The summed E-state index contributed by atoms with van der Waals surface area (Å²) >= 11 is 0. The number of esters is 3. The molecule has 44 heavy (non-hydrogen) atoms. The van der Waals surface area contributed by atoms with Gasteiger partial charge in [-0.25, -0.2) is 4.79 Å². The van der Waals surface area contributed by atoms with Crippen molar-refractivity contribution in [3.8, 4) is 0 Å². The van der Waals surface area contributed by atoms with Crippen LogP contribution in [-0.4, -0.2) is 47.3 Å².